The van der Waals surface area contributed by atoms with E-state index in [1.165, 1.54) is 4.31 Å². The van der Waals surface area contributed by atoms with E-state index in [2.05, 4.69) is 0 Å². The zero-order chi connectivity index (χ0) is 10.6. The van der Waals surface area contributed by atoms with E-state index in [0.717, 1.165) is 12.8 Å². The van der Waals surface area contributed by atoms with Gasteiger partial charge in [-0.1, -0.05) is 0 Å². The minimum absolute atomic E-state index is 0.0313. The van der Waals surface area contributed by atoms with Gasteiger partial charge >= 0.3 is 0 Å². The van der Waals surface area contributed by atoms with Crippen LogP contribution in [0, 0.1) is 11.3 Å². The summed E-state index contributed by atoms with van der Waals surface area (Å²) in [4.78, 5) is 0. The lowest BCUT2D eigenvalue weighted by molar-refractivity contribution is 0.412. The van der Waals surface area contributed by atoms with E-state index in [1.807, 2.05) is 6.07 Å². The first kappa shape index (κ1) is 11.8. The number of hydrogen-bond donors (Lipinski definition) is 0. The molecule has 1 rings (SSSR count). The minimum atomic E-state index is -3.23. The van der Waals surface area contributed by atoms with Crippen LogP contribution < -0.4 is 0 Å². The van der Waals surface area contributed by atoms with E-state index < -0.39 is 10.0 Å². The molecule has 0 aromatic carbocycles. The third-order valence-corrected chi connectivity index (χ3v) is 4.42. The van der Waals surface area contributed by atoms with E-state index in [1.54, 1.807) is 0 Å². The van der Waals surface area contributed by atoms with E-state index in [-0.39, 0.29) is 24.1 Å². The number of nitrogens with zero attached hydrogens (tertiary/aromatic N) is 2. The van der Waals surface area contributed by atoms with Crippen LogP contribution in [0.4, 0.5) is 0 Å². The first-order valence-corrected chi connectivity index (χ1v) is 6.68. The average Bonchev–Trinajstić information content (AvgIpc) is 2.88. The van der Waals surface area contributed by atoms with Gasteiger partial charge in [-0.25, -0.2) is 8.42 Å². The number of hydrogen-bond acceptors (Lipinski definition) is 3. The third-order valence-electron chi connectivity index (χ3n) is 2.09. The Labute approximate surface area is 89.5 Å². The Bertz CT molecular complexity index is 319. The molecule has 1 aliphatic carbocycles. The first-order valence-electron chi connectivity index (χ1n) is 4.54. The predicted octanol–water partition coefficient (Wildman–Crippen LogP) is 0.933. The maximum atomic E-state index is 11.7. The number of halogens is 1. The summed E-state index contributed by atoms with van der Waals surface area (Å²) >= 11 is 5.42. The van der Waals surface area contributed by atoms with Gasteiger partial charge in [0.05, 0.1) is 11.8 Å². The van der Waals surface area contributed by atoms with Crippen molar-refractivity contribution >= 4 is 21.6 Å². The van der Waals surface area contributed by atoms with Crippen molar-refractivity contribution in [2.24, 2.45) is 0 Å². The summed E-state index contributed by atoms with van der Waals surface area (Å²) in [5.41, 5.74) is 0. The number of alkyl halides is 1. The Morgan fingerprint density at radius 3 is 2.57 bits per heavy atom. The van der Waals surface area contributed by atoms with Gasteiger partial charge in [0, 0.05) is 24.9 Å². The fourth-order valence-corrected chi connectivity index (χ4v) is 3.34. The van der Waals surface area contributed by atoms with Crippen molar-refractivity contribution in [3.05, 3.63) is 0 Å². The van der Waals surface area contributed by atoms with Crippen LogP contribution in [0.1, 0.15) is 19.3 Å². The molecule has 0 atom stereocenters. The quantitative estimate of drug-likeness (QED) is 0.645. The van der Waals surface area contributed by atoms with Gasteiger partial charge in [0.2, 0.25) is 10.0 Å². The molecule has 1 saturated carbocycles. The summed E-state index contributed by atoms with van der Waals surface area (Å²) in [6, 6.07) is 2.08. The Morgan fingerprint density at radius 2 is 2.14 bits per heavy atom. The minimum Gasteiger partial charge on any atom is -0.212 e. The van der Waals surface area contributed by atoms with Crippen molar-refractivity contribution in [2.75, 3.05) is 18.2 Å². The van der Waals surface area contributed by atoms with Crippen molar-refractivity contribution in [1.82, 2.24) is 4.31 Å². The molecule has 0 unspecified atom stereocenters. The lowest BCUT2D eigenvalue weighted by Gasteiger charge is -2.19. The van der Waals surface area contributed by atoms with Crippen molar-refractivity contribution in [1.29, 1.82) is 5.26 Å². The van der Waals surface area contributed by atoms with Gasteiger partial charge in [-0.15, -0.1) is 11.6 Å². The second-order valence-corrected chi connectivity index (χ2v) is 5.67. The van der Waals surface area contributed by atoms with Crippen LogP contribution in [0.5, 0.6) is 0 Å². The summed E-state index contributed by atoms with van der Waals surface area (Å²) in [6.45, 7) is 0.306. The van der Waals surface area contributed by atoms with Crippen molar-refractivity contribution in [3.8, 4) is 6.07 Å². The summed E-state index contributed by atoms with van der Waals surface area (Å²) < 4.78 is 24.7. The van der Waals surface area contributed by atoms with Crippen molar-refractivity contribution in [3.63, 3.8) is 0 Å². The molecule has 1 aliphatic rings. The van der Waals surface area contributed by atoms with Gasteiger partial charge in [-0.05, 0) is 12.8 Å². The molecule has 0 aromatic heterocycles. The Hall–Kier alpha value is -0.310. The zero-order valence-electron chi connectivity index (χ0n) is 7.82. The molecule has 4 nitrogen and oxygen atoms in total. The zero-order valence-corrected chi connectivity index (χ0v) is 9.39. The summed E-state index contributed by atoms with van der Waals surface area (Å²) in [6.07, 6.45) is 2.07. The standard InChI is InChI=1S/C8H13ClN2O2S/c9-4-7-14(12,13)11(6-1-5-10)8-2-3-8/h8H,1-4,6-7H2. The lowest BCUT2D eigenvalue weighted by Crippen LogP contribution is -2.36. The molecule has 0 spiro atoms. The molecule has 6 heteroatoms. The summed E-state index contributed by atoms with van der Waals surface area (Å²) in [5, 5.41) is 8.42. The number of nitriles is 1. The second kappa shape index (κ2) is 4.96. The highest BCUT2D eigenvalue weighted by Gasteiger charge is 2.36. The fourth-order valence-electron chi connectivity index (χ4n) is 1.29. The summed E-state index contributed by atoms with van der Waals surface area (Å²) in [5.74, 6) is 0.0780. The van der Waals surface area contributed by atoms with Gasteiger partial charge < -0.3 is 0 Å². The van der Waals surface area contributed by atoms with Gasteiger partial charge in [0.15, 0.2) is 0 Å². The SMILES string of the molecule is N#CCCN(C1CC1)S(=O)(=O)CCCl. The van der Waals surface area contributed by atoms with E-state index in [4.69, 9.17) is 16.9 Å². The summed E-state index contributed by atoms with van der Waals surface area (Å²) in [7, 11) is -3.23. The molecule has 0 aliphatic heterocycles. The van der Waals surface area contributed by atoms with Gasteiger partial charge in [-0.2, -0.15) is 9.57 Å². The van der Waals surface area contributed by atoms with E-state index in [9.17, 15) is 8.42 Å². The molecule has 0 aromatic rings. The molecule has 0 saturated heterocycles. The van der Waals surface area contributed by atoms with Crippen LogP contribution in [0.15, 0.2) is 0 Å². The molecular formula is C8H13ClN2O2S. The van der Waals surface area contributed by atoms with Crippen molar-refractivity contribution < 1.29 is 8.42 Å². The largest absolute Gasteiger partial charge is 0.215 e. The maximum absolute atomic E-state index is 11.7. The monoisotopic (exact) mass is 236 g/mol. The number of rotatable bonds is 6. The third kappa shape index (κ3) is 3.12. The predicted molar refractivity (Wildman–Crippen MR) is 54.5 cm³/mol. The Kier molecular flexibility index (Phi) is 4.17. The normalized spacial score (nSPS) is 16.9. The van der Waals surface area contributed by atoms with Crippen LogP contribution in [-0.2, 0) is 10.0 Å². The van der Waals surface area contributed by atoms with Crippen LogP contribution in [0.25, 0.3) is 0 Å². The number of sulfonamides is 1. The molecule has 0 amide bonds. The molecule has 0 heterocycles. The smallest absolute Gasteiger partial charge is 0.212 e. The van der Waals surface area contributed by atoms with Crippen molar-refractivity contribution in [2.45, 2.75) is 25.3 Å². The Balaban J connectivity index is 2.62. The molecule has 0 N–H and O–H groups in total. The first-order chi connectivity index (χ1) is 6.61. The Morgan fingerprint density at radius 1 is 1.50 bits per heavy atom. The van der Waals surface area contributed by atoms with Crippen LogP contribution in [0.3, 0.4) is 0 Å². The second-order valence-electron chi connectivity index (χ2n) is 3.25. The van der Waals surface area contributed by atoms with Crippen LogP contribution in [0.2, 0.25) is 0 Å². The topological polar surface area (TPSA) is 61.2 Å². The fraction of sp³-hybridized carbons (Fsp3) is 0.875. The highest BCUT2D eigenvalue weighted by molar-refractivity contribution is 7.89. The van der Waals surface area contributed by atoms with Crippen LogP contribution >= 0.6 is 11.6 Å². The van der Waals surface area contributed by atoms with E-state index in [0.29, 0.717) is 6.54 Å². The van der Waals surface area contributed by atoms with Gasteiger partial charge in [0.25, 0.3) is 0 Å². The van der Waals surface area contributed by atoms with Crippen LogP contribution in [-0.4, -0.2) is 36.9 Å². The van der Waals surface area contributed by atoms with Gasteiger partial charge in [0.1, 0.15) is 0 Å². The molecule has 1 fully saturated rings. The molecular weight excluding hydrogens is 224 g/mol. The lowest BCUT2D eigenvalue weighted by atomic mass is 10.4. The molecule has 80 valence electrons. The maximum Gasteiger partial charge on any atom is 0.215 e. The van der Waals surface area contributed by atoms with E-state index >= 15 is 0 Å². The average molecular weight is 237 g/mol. The molecule has 0 radical (unpaired) electrons. The molecule has 0 bridgehead atoms. The molecule has 14 heavy (non-hydrogen) atoms. The highest BCUT2D eigenvalue weighted by Crippen LogP contribution is 2.29. The van der Waals surface area contributed by atoms with Gasteiger partial charge in [-0.3, -0.25) is 0 Å². The highest BCUT2D eigenvalue weighted by atomic mass is 35.5.